The fourth-order valence-electron chi connectivity index (χ4n) is 4.53. The van der Waals surface area contributed by atoms with Crippen LogP contribution in [-0.2, 0) is 4.74 Å². The Morgan fingerprint density at radius 2 is 1.97 bits per heavy atom. The van der Waals surface area contributed by atoms with Crippen molar-refractivity contribution in [3.05, 3.63) is 59.6 Å². The molecule has 184 valence electrons. The molecule has 2 aliphatic heterocycles. The minimum absolute atomic E-state index is 0.210. The molecule has 5 heterocycles. The third-order valence-electron chi connectivity index (χ3n) is 6.47. The molecule has 0 spiro atoms. The van der Waals surface area contributed by atoms with Crippen molar-refractivity contribution in [1.82, 2.24) is 20.3 Å². The topological polar surface area (TPSA) is 104 Å². The zero-order chi connectivity index (χ0) is 24.3. The first-order valence-electron chi connectivity index (χ1n) is 12.2. The van der Waals surface area contributed by atoms with Gasteiger partial charge in [0.05, 0.1) is 23.4 Å². The van der Waals surface area contributed by atoms with Gasteiger partial charge in [-0.05, 0) is 60.8 Å². The predicted octanol–water partition coefficient (Wildman–Crippen LogP) is 3.62. The lowest BCUT2D eigenvalue weighted by Crippen LogP contribution is -2.36. The van der Waals surface area contributed by atoms with Crippen LogP contribution in [-0.4, -0.2) is 66.3 Å². The Hall–Kier alpha value is -3.60. The average molecular weight is 502 g/mol. The van der Waals surface area contributed by atoms with Crippen molar-refractivity contribution in [2.75, 3.05) is 54.9 Å². The molecule has 4 aromatic rings. The molecule has 0 bridgehead atoms. The zero-order valence-electron chi connectivity index (χ0n) is 19.7. The highest BCUT2D eigenvalue weighted by Crippen LogP contribution is 2.30. The number of pyridine rings is 1. The van der Waals surface area contributed by atoms with Crippen LogP contribution in [0.15, 0.2) is 54.0 Å². The molecule has 1 aromatic carbocycles. The van der Waals surface area contributed by atoms with Crippen molar-refractivity contribution in [3.63, 3.8) is 0 Å². The molecular formula is C26H27N7O2S. The summed E-state index contributed by atoms with van der Waals surface area (Å²) in [6.07, 6.45) is 2.73. The molecule has 2 saturated heterocycles. The molecular weight excluding hydrogens is 474 g/mol. The van der Waals surface area contributed by atoms with Crippen molar-refractivity contribution >= 4 is 44.8 Å². The summed E-state index contributed by atoms with van der Waals surface area (Å²) in [5, 5.41) is 11.9. The molecule has 3 aromatic heterocycles. The number of rotatable bonds is 6. The van der Waals surface area contributed by atoms with Gasteiger partial charge in [0.15, 0.2) is 5.82 Å². The van der Waals surface area contributed by atoms with Gasteiger partial charge < -0.3 is 25.6 Å². The number of nitrogens with one attached hydrogen (secondary N) is 3. The van der Waals surface area contributed by atoms with E-state index in [9.17, 15) is 4.79 Å². The summed E-state index contributed by atoms with van der Waals surface area (Å²) in [5.41, 5.74) is 3.37. The van der Waals surface area contributed by atoms with E-state index < -0.39 is 0 Å². The van der Waals surface area contributed by atoms with Crippen LogP contribution in [0.2, 0.25) is 0 Å². The molecule has 0 radical (unpaired) electrons. The van der Waals surface area contributed by atoms with Gasteiger partial charge in [-0.15, -0.1) is 11.3 Å². The van der Waals surface area contributed by atoms with Gasteiger partial charge in [-0.1, -0.05) is 0 Å². The molecule has 6 rings (SSSR count). The van der Waals surface area contributed by atoms with E-state index in [1.165, 1.54) is 0 Å². The molecule has 1 amide bonds. The lowest BCUT2D eigenvalue weighted by atomic mass is 10.1. The molecule has 2 fully saturated rings. The van der Waals surface area contributed by atoms with Crippen molar-refractivity contribution in [1.29, 1.82) is 0 Å². The van der Waals surface area contributed by atoms with Crippen molar-refractivity contribution < 1.29 is 9.53 Å². The molecule has 2 aliphatic rings. The third kappa shape index (κ3) is 4.88. The van der Waals surface area contributed by atoms with E-state index in [4.69, 9.17) is 14.7 Å². The number of amides is 1. The number of benzene rings is 1. The smallest absolute Gasteiger partial charge is 0.256 e. The minimum Gasteiger partial charge on any atom is -0.378 e. The second-order valence-corrected chi connectivity index (χ2v) is 9.81. The summed E-state index contributed by atoms with van der Waals surface area (Å²) in [5.74, 6) is 1.69. The number of nitrogens with zero attached hydrogens (tertiary/aromatic N) is 4. The number of hydrogen-bond acceptors (Lipinski definition) is 9. The van der Waals surface area contributed by atoms with E-state index in [-0.39, 0.29) is 5.91 Å². The van der Waals surface area contributed by atoms with Gasteiger partial charge in [-0.3, -0.25) is 4.79 Å². The van der Waals surface area contributed by atoms with Gasteiger partial charge >= 0.3 is 0 Å². The van der Waals surface area contributed by atoms with E-state index in [0.29, 0.717) is 23.2 Å². The Morgan fingerprint density at radius 3 is 2.78 bits per heavy atom. The SMILES string of the molecule is O=C(Nc1cc(-c2nc(NC3CCNC3)c3sccc3n2)ccn1)c1ccc(N2CCOCC2)cc1. The summed E-state index contributed by atoms with van der Waals surface area (Å²) in [6.45, 7) is 5.09. The summed E-state index contributed by atoms with van der Waals surface area (Å²) >= 11 is 1.63. The molecule has 1 unspecified atom stereocenters. The van der Waals surface area contributed by atoms with Gasteiger partial charge in [0.2, 0.25) is 0 Å². The summed E-state index contributed by atoms with van der Waals surface area (Å²) in [4.78, 5) is 29.1. The Morgan fingerprint density at radius 1 is 1.11 bits per heavy atom. The zero-order valence-corrected chi connectivity index (χ0v) is 20.6. The maximum atomic E-state index is 12.9. The Bertz CT molecular complexity index is 1360. The highest BCUT2D eigenvalue weighted by molar-refractivity contribution is 7.17. The number of morpholine rings is 1. The second-order valence-electron chi connectivity index (χ2n) is 8.90. The van der Waals surface area contributed by atoms with Gasteiger partial charge in [-0.25, -0.2) is 15.0 Å². The van der Waals surface area contributed by atoms with Gasteiger partial charge in [-0.2, -0.15) is 0 Å². The normalized spacial score (nSPS) is 17.9. The van der Waals surface area contributed by atoms with Gasteiger partial charge in [0.1, 0.15) is 11.6 Å². The maximum Gasteiger partial charge on any atom is 0.256 e. The van der Waals surface area contributed by atoms with Crippen molar-refractivity contribution in [3.8, 4) is 11.4 Å². The number of anilines is 3. The van der Waals surface area contributed by atoms with Crippen LogP contribution in [0.3, 0.4) is 0 Å². The molecule has 9 nitrogen and oxygen atoms in total. The highest BCUT2D eigenvalue weighted by Gasteiger charge is 2.18. The predicted molar refractivity (Wildman–Crippen MR) is 143 cm³/mol. The first-order valence-corrected chi connectivity index (χ1v) is 13.0. The lowest BCUT2D eigenvalue weighted by molar-refractivity contribution is 0.102. The van der Waals surface area contributed by atoms with Gasteiger partial charge in [0, 0.05) is 48.7 Å². The molecule has 10 heteroatoms. The number of fused-ring (bicyclic) bond motifs is 1. The fourth-order valence-corrected chi connectivity index (χ4v) is 5.32. The first kappa shape index (κ1) is 22.8. The Kier molecular flexibility index (Phi) is 6.46. The van der Waals surface area contributed by atoms with Crippen molar-refractivity contribution in [2.24, 2.45) is 0 Å². The van der Waals surface area contributed by atoms with E-state index in [0.717, 1.165) is 73.1 Å². The van der Waals surface area contributed by atoms with E-state index in [1.807, 2.05) is 47.8 Å². The standard InChI is InChI=1S/C26H27N7O2S/c34-26(17-1-3-20(4-2-17)33-10-12-35-13-11-33)31-22-15-18(5-9-28-22)24-30-21-7-14-36-23(21)25(32-24)29-19-6-8-27-16-19/h1-5,7,9,14-15,19,27H,6,8,10-13,16H2,(H,28,31,34)(H,29,30,32). The minimum atomic E-state index is -0.210. The monoisotopic (exact) mass is 501 g/mol. The van der Waals surface area contributed by atoms with Crippen LogP contribution in [0, 0.1) is 0 Å². The van der Waals surface area contributed by atoms with Gasteiger partial charge in [0.25, 0.3) is 5.91 Å². The van der Waals surface area contributed by atoms with Crippen molar-refractivity contribution in [2.45, 2.75) is 12.5 Å². The van der Waals surface area contributed by atoms with Crippen LogP contribution >= 0.6 is 11.3 Å². The second kappa shape index (κ2) is 10.2. The summed E-state index contributed by atoms with van der Waals surface area (Å²) in [6, 6.07) is 13.7. The largest absolute Gasteiger partial charge is 0.378 e. The summed E-state index contributed by atoms with van der Waals surface area (Å²) < 4.78 is 6.47. The molecule has 36 heavy (non-hydrogen) atoms. The fraction of sp³-hybridized carbons (Fsp3) is 0.308. The Labute approximate surface area is 212 Å². The van der Waals surface area contributed by atoms with Crippen LogP contribution in [0.25, 0.3) is 21.6 Å². The first-order chi connectivity index (χ1) is 17.7. The number of ether oxygens (including phenoxy) is 1. The average Bonchev–Trinajstić information content (AvgIpc) is 3.62. The maximum absolute atomic E-state index is 12.9. The number of hydrogen-bond donors (Lipinski definition) is 3. The highest BCUT2D eigenvalue weighted by atomic mass is 32.1. The van der Waals surface area contributed by atoms with Crippen LogP contribution < -0.4 is 20.9 Å². The number of thiophene rings is 1. The van der Waals surface area contributed by atoms with E-state index in [1.54, 1.807) is 17.5 Å². The lowest BCUT2D eigenvalue weighted by Gasteiger charge is -2.28. The Balaban J connectivity index is 1.20. The summed E-state index contributed by atoms with van der Waals surface area (Å²) in [7, 11) is 0. The van der Waals surface area contributed by atoms with Crippen LogP contribution in [0.5, 0.6) is 0 Å². The molecule has 0 saturated carbocycles. The van der Waals surface area contributed by atoms with E-state index in [2.05, 4.69) is 25.8 Å². The van der Waals surface area contributed by atoms with Crippen LogP contribution in [0.4, 0.5) is 17.3 Å². The van der Waals surface area contributed by atoms with Crippen LogP contribution in [0.1, 0.15) is 16.8 Å². The molecule has 0 aliphatic carbocycles. The molecule has 1 atom stereocenters. The number of carbonyl (C=O) groups excluding carboxylic acids is 1. The third-order valence-corrected chi connectivity index (χ3v) is 7.38. The van der Waals surface area contributed by atoms with E-state index >= 15 is 0 Å². The quantitative estimate of drug-likeness (QED) is 0.368. The number of carbonyl (C=O) groups is 1. The number of aromatic nitrogens is 3. The molecule has 3 N–H and O–H groups in total.